The molecule has 0 radical (unpaired) electrons. The predicted octanol–water partition coefficient (Wildman–Crippen LogP) is 11.6. The highest BCUT2D eigenvalue weighted by atomic mass is 32.1. The molecule has 0 unspecified atom stereocenters. The highest BCUT2D eigenvalue weighted by Crippen LogP contribution is 2.48. The van der Waals surface area contributed by atoms with E-state index in [0.717, 1.165) is 0 Å². The Labute approximate surface area is 246 Å². The molecular weight excluding hydrogens is 527 g/mol. The molecule has 42 heavy (non-hydrogen) atoms. The van der Waals surface area contributed by atoms with Crippen molar-refractivity contribution in [1.82, 2.24) is 4.57 Å². The summed E-state index contributed by atoms with van der Waals surface area (Å²) in [5.74, 6) is 0. The van der Waals surface area contributed by atoms with E-state index in [2.05, 4.69) is 144 Å². The zero-order chi connectivity index (χ0) is 27.4. The van der Waals surface area contributed by atoms with E-state index in [1.54, 1.807) is 0 Å². The summed E-state index contributed by atoms with van der Waals surface area (Å²) in [4.78, 5) is 0. The van der Waals surface area contributed by atoms with Crippen molar-refractivity contribution in [2.24, 2.45) is 0 Å². The molecule has 0 aliphatic heterocycles. The Bertz CT molecular complexity index is 2570. The molecule has 2 heterocycles. The summed E-state index contributed by atoms with van der Waals surface area (Å²) < 4.78 is 5.13. The average Bonchev–Trinajstić information content (AvgIpc) is 3.68. The van der Waals surface area contributed by atoms with Crippen LogP contribution >= 0.6 is 11.3 Å². The lowest BCUT2D eigenvalue weighted by atomic mass is 9.97. The first-order valence-corrected chi connectivity index (χ1v) is 15.3. The fraction of sp³-hybridized carbons (Fsp3) is 0. The molecule has 0 spiro atoms. The van der Waals surface area contributed by atoms with E-state index < -0.39 is 0 Å². The molecule has 7 aromatic carbocycles. The van der Waals surface area contributed by atoms with Crippen LogP contribution in [0.2, 0.25) is 0 Å². The lowest BCUT2D eigenvalue weighted by molar-refractivity contribution is 1.18. The van der Waals surface area contributed by atoms with Crippen LogP contribution in [0.1, 0.15) is 0 Å². The summed E-state index contributed by atoms with van der Waals surface area (Å²) in [6.45, 7) is 0. The second kappa shape index (κ2) is 8.19. The van der Waals surface area contributed by atoms with E-state index >= 15 is 0 Å². The van der Waals surface area contributed by atoms with Crippen LogP contribution in [-0.2, 0) is 0 Å². The van der Waals surface area contributed by atoms with E-state index in [-0.39, 0.29) is 0 Å². The molecule has 1 nitrogen and oxygen atoms in total. The molecule has 0 atom stereocenters. The second-order valence-electron chi connectivity index (χ2n) is 11.3. The van der Waals surface area contributed by atoms with Crippen molar-refractivity contribution in [1.29, 1.82) is 0 Å². The smallest absolute Gasteiger partial charge is 0.0548 e. The Kier molecular flexibility index (Phi) is 4.39. The third-order valence-corrected chi connectivity index (χ3v) is 10.2. The number of para-hydroxylation sites is 1. The van der Waals surface area contributed by atoms with Crippen LogP contribution in [0, 0.1) is 0 Å². The summed E-state index contributed by atoms with van der Waals surface area (Å²) in [6, 6.07) is 51.7. The van der Waals surface area contributed by atoms with Gasteiger partial charge in [0.25, 0.3) is 0 Å². The highest BCUT2D eigenvalue weighted by Gasteiger charge is 2.22. The molecule has 0 bridgehead atoms. The molecule has 194 valence electrons. The Morgan fingerprint density at radius 2 is 1.17 bits per heavy atom. The molecule has 0 fully saturated rings. The van der Waals surface area contributed by atoms with Gasteiger partial charge in [0.2, 0.25) is 0 Å². The number of hydrogen-bond acceptors (Lipinski definition) is 1. The van der Waals surface area contributed by atoms with E-state index in [1.807, 2.05) is 11.3 Å². The lowest BCUT2D eigenvalue weighted by Crippen LogP contribution is -1.94. The quantitative estimate of drug-likeness (QED) is 0.202. The Morgan fingerprint density at radius 1 is 0.405 bits per heavy atom. The van der Waals surface area contributed by atoms with E-state index in [4.69, 9.17) is 0 Å². The van der Waals surface area contributed by atoms with Gasteiger partial charge in [0.1, 0.15) is 0 Å². The van der Waals surface area contributed by atoms with Gasteiger partial charge in [-0.3, -0.25) is 0 Å². The van der Waals surface area contributed by atoms with Crippen LogP contribution in [0.25, 0.3) is 91.8 Å². The van der Waals surface area contributed by atoms with Crippen molar-refractivity contribution >= 4 is 64.1 Å². The molecule has 2 heteroatoms. The molecule has 0 N–H and O–H groups in total. The van der Waals surface area contributed by atoms with Crippen molar-refractivity contribution in [3.05, 3.63) is 140 Å². The maximum absolute atomic E-state index is 2.45. The second-order valence-corrected chi connectivity index (χ2v) is 12.4. The van der Waals surface area contributed by atoms with Gasteiger partial charge in [-0.15, -0.1) is 11.3 Å². The van der Waals surface area contributed by atoms with E-state index in [1.165, 1.54) is 91.8 Å². The fourth-order valence-corrected chi connectivity index (χ4v) is 8.39. The molecule has 0 saturated carbocycles. The summed E-state index contributed by atoms with van der Waals surface area (Å²) in [6.07, 6.45) is 0. The lowest BCUT2D eigenvalue weighted by Gasteiger charge is -2.12. The normalized spacial score (nSPS) is 12.3. The summed E-state index contributed by atoms with van der Waals surface area (Å²) in [5.41, 5.74) is 11.5. The van der Waals surface area contributed by atoms with Crippen LogP contribution in [0.15, 0.2) is 140 Å². The van der Waals surface area contributed by atoms with Gasteiger partial charge in [-0.2, -0.15) is 0 Å². The van der Waals surface area contributed by atoms with Crippen molar-refractivity contribution in [2.45, 2.75) is 0 Å². The van der Waals surface area contributed by atoms with E-state index in [9.17, 15) is 0 Å². The van der Waals surface area contributed by atoms with Crippen LogP contribution in [0.3, 0.4) is 0 Å². The zero-order valence-corrected chi connectivity index (χ0v) is 23.5. The number of aromatic nitrogens is 1. The van der Waals surface area contributed by atoms with Crippen LogP contribution in [0.4, 0.5) is 0 Å². The first-order chi connectivity index (χ1) is 20.8. The average molecular weight is 550 g/mol. The number of rotatable bonds is 2. The van der Waals surface area contributed by atoms with Crippen molar-refractivity contribution in [2.75, 3.05) is 0 Å². The molecule has 1 aliphatic carbocycles. The topological polar surface area (TPSA) is 4.93 Å². The van der Waals surface area contributed by atoms with Gasteiger partial charge in [-0.25, -0.2) is 0 Å². The van der Waals surface area contributed by atoms with Crippen molar-refractivity contribution < 1.29 is 0 Å². The minimum atomic E-state index is 1.18. The molecule has 0 saturated heterocycles. The summed E-state index contributed by atoms with van der Waals surface area (Å²) in [7, 11) is 0. The number of fused-ring (bicyclic) bond motifs is 9. The number of benzene rings is 7. The monoisotopic (exact) mass is 549 g/mol. The molecule has 0 amide bonds. The summed E-state index contributed by atoms with van der Waals surface area (Å²) >= 11 is 1.88. The van der Waals surface area contributed by atoms with Crippen molar-refractivity contribution in [3.8, 4) is 39.1 Å². The highest BCUT2D eigenvalue weighted by molar-refractivity contribution is 7.25. The molecule has 9 aromatic rings. The van der Waals surface area contributed by atoms with Gasteiger partial charge < -0.3 is 4.57 Å². The minimum Gasteiger partial charge on any atom is -0.309 e. The Morgan fingerprint density at radius 3 is 2.07 bits per heavy atom. The Balaban J connectivity index is 1.19. The van der Waals surface area contributed by atoms with E-state index in [0.29, 0.717) is 0 Å². The minimum absolute atomic E-state index is 1.18. The maximum atomic E-state index is 2.45. The van der Waals surface area contributed by atoms with Gasteiger partial charge in [0.05, 0.1) is 11.0 Å². The van der Waals surface area contributed by atoms with Gasteiger partial charge in [0.15, 0.2) is 0 Å². The number of hydrogen-bond donors (Lipinski definition) is 0. The molecular formula is C40H23NS. The third-order valence-electron chi connectivity index (χ3n) is 9.11. The van der Waals surface area contributed by atoms with Crippen LogP contribution in [-0.4, -0.2) is 4.57 Å². The summed E-state index contributed by atoms with van der Waals surface area (Å²) in [5, 5.41) is 7.94. The Hall–Kier alpha value is -5.18. The standard InChI is InChI=1S/C40H23NS/c1-3-16-36-29(12-1)34-23-39-35(30-13-2-4-17-38(30)42-39)22-37(34)41(36)27-11-5-10-25(20-27)26-18-19-28-31-14-6-8-24-9-7-15-32(40(24)31)33(28)21-26/h1-23H. The van der Waals surface area contributed by atoms with Gasteiger partial charge in [-0.1, -0.05) is 97.1 Å². The van der Waals surface area contributed by atoms with Gasteiger partial charge >= 0.3 is 0 Å². The predicted molar refractivity (Wildman–Crippen MR) is 181 cm³/mol. The largest absolute Gasteiger partial charge is 0.309 e. The fourth-order valence-electron chi connectivity index (χ4n) is 7.26. The van der Waals surface area contributed by atoms with Crippen LogP contribution in [0.5, 0.6) is 0 Å². The SMILES string of the molecule is c1cc(-c2ccc3c(c2)-c2cccc4cccc-3c24)cc(-n2c3ccccc3c3cc4sc5ccccc5c4cc32)c1. The molecule has 2 aromatic heterocycles. The number of thiophene rings is 1. The molecule has 10 rings (SSSR count). The zero-order valence-electron chi connectivity index (χ0n) is 22.6. The van der Waals surface area contributed by atoms with Crippen LogP contribution < -0.4 is 0 Å². The first kappa shape index (κ1) is 22.5. The number of nitrogens with zero attached hydrogens (tertiary/aromatic N) is 1. The molecule has 1 aliphatic rings. The third kappa shape index (κ3) is 2.97. The first-order valence-electron chi connectivity index (χ1n) is 14.4. The maximum Gasteiger partial charge on any atom is 0.0548 e. The van der Waals surface area contributed by atoms with Gasteiger partial charge in [-0.05, 0) is 86.6 Å². The van der Waals surface area contributed by atoms with Gasteiger partial charge in [0, 0.05) is 36.6 Å². The van der Waals surface area contributed by atoms with Crippen molar-refractivity contribution in [3.63, 3.8) is 0 Å².